The Morgan fingerprint density at radius 2 is 2.14 bits per heavy atom. The van der Waals surface area contributed by atoms with E-state index >= 15 is 0 Å². The summed E-state index contributed by atoms with van der Waals surface area (Å²) >= 11 is 0. The van der Waals surface area contributed by atoms with Gasteiger partial charge in [-0.05, 0) is 18.4 Å². The molecule has 0 atom stereocenters. The van der Waals surface area contributed by atoms with Gasteiger partial charge in [0.15, 0.2) is 0 Å². The van der Waals surface area contributed by atoms with Gasteiger partial charge in [0, 0.05) is 5.56 Å². The Balaban J connectivity index is 2.26. The number of urea groups is 1. The lowest BCUT2D eigenvalue weighted by atomic mass is 10.1. The number of primary amides is 1. The van der Waals surface area contributed by atoms with E-state index < -0.39 is 6.03 Å². The lowest BCUT2D eigenvalue weighted by Crippen LogP contribution is -2.25. The Morgan fingerprint density at radius 3 is 2.93 bits per heavy atom. The van der Waals surface area contributed by atoms with E-state index in [2.05, 4.69) is 16.6 Å². The van der Waals surface area contributed by atoms with Crippen LogP contribution < -0.4 is 11.2 Å². The average Bonchev–Trinajstić information content (AvgIpc) is 2.58. The van der Waals surface area contributed by atoms with Crippen LogP contribution in [0, 0.1) is 0 Å². The minimum atomic E-state index is -0.623. The standard InChI is InChI=1S/C10H11N3O/c11-10(14)13-12-9-6-5-7-3-1-2-4-8(7)9/h1-4H,5-6H2,(H3,11,13,14)/b12-9-. The van der Waals surface area contributed by atoms with Gasteiger partial charge >= 0.3 is 6.03 Å². The molecule has 4 heteroatoms. The van der Waals surface area contributed by atoms with E-state index in [1.54, 1.807) is 0 Å². The molecule has 0 saturated carbocycles. The van der Waals surface area contributed by atoms with Gasteiger partial charge in [0.25, 0.3) is 0 Å². The van der Waals surface area contributed by atoms with Crippen molar-refractivity contribution in [2.24, 2.45) is 10.8 Å². The van der Waals surface area contributed by atoms with Gasteiger partial charge in [0.1, 0.15) is 0 Å². The quantitative estimate of drug-likeness (QED) is 0.636. The molecule has 0 spiro atoms. The van der Waals surface area contributed by atoms with E-state index in [1.165, 1.54) is 5.56 Å². The molecule has 0 aromatic heterocycles. The number of benzene rings is 1. The number of aryl methyl sites for hydroxylation is 1. The van der Waals surface area contributed by atoms with Crippen LogP contribution in [0.5, 0.6) is 0 Å². The highest BCUT2D eigenvalue weighted by Gasteiger charge is 2.16. The molecule has 1 aliphatic carbocycles. The lowest BCUT2D eigenvalue weighted by molar-refractivity contribution is 0.249. The van der Waals surface area contributed by atoms with Gasteiger partial charge in [-0.25, -0.2) is 10.2 Å². The van der Waals surface area contributed by atoms with Crippen molar-refractivity contribution in [1.29, 1.82) is 0 Å². The molecule has 0 unspecified atom stereocenters. The molecule has 0 fully saturated rings. The summed E-state index contributed by atoms with van der Waals surface area (Å²) in [5.74, 6) is 0. The van der Waals surface area contributed by atoms with Crippen LogP contribution in [0.3, 0.4) is 0 Å². The van der Waals surface area contributed by atoms with Crippen molar-refractivity contribution >= 4 is 11.7 Å². The van der Waals surface area contributed by atoms with Crippen LogP contribution in [0.25, 0.3) is 0 Å². The average molecular weight is 189 g/mol. The second-order valence-corrected chi connectivity index (χ2v) is 3.19. The third-order valence-corrected chi connectivity index (χ3v) is 2.26. The zero-order valence-electron chi connectivity index (χ0n) is 7.66. The Bertz CT molecular complexity index is 398. The number of carbonyl (C=O) groups is 1. The predicted octanol–water partition coefficient (Wildman–Crippen LogP) is 1.01. The summed E-state index contributed by atoms with van der Waals surface area (Å²) < 4.78 is 0. The van der Waals surface area contributed by atoms with Gasteiger partial charge in [-0.3, -0.25) is 0 Å². The van der Waals surface area contributed by atoms with E-state index in [1.807, 2.05) is 18.2 Å². The molecule has 1 aliphatic rings. The summed E-state index contributed by atoms with van der Waals surface area (Å²) in [5.41, 5.74) is 10.5. The number of nitrogens with one attached hydrogen (secondary N) is 1. The smallest absolute Gasteiger partial charge is 0.332 e. The molecule has 14 heavy (non-hydrogen) atoms. The number of carbonyl (C=O) groups excluding carboxylic acids is 1. The summed E-state index contributed by atoms with van der Waals surface area (Å²) in [6, 6.07) is 7.42. The molecule has 0 bridgehead atoms. The largest absolute Gasteiger partial charge is 0.350 e. The second kappa shape index (κ2) is 3.49. The van der Waals surface area contributed by atoms with Gasteiger partial charge in [0.05, 0.1) is 5.71 Å². The molecular formula is C10H11N3O. The highest BCUT2D eigenvalue weighted by Crippen LogP contribution is 2.21. The molecule has 72 valence electrons. The number of nitrogens with two attached hydrogens (primary N) is 1. The van der Waals surface area contributed by atoms with Gasteiger partial charge in [-0.1, -0.05) is 24.3 Å². The highest BCUT2D eigenvalue weighted by atomic mass is 16.2. The first-order valence-corrected chi connectivity index (χ1v) is 4.47. The van der Waals surface area contributed by atoms with Crippen LogP contribution in [-0.2, 0) is 6.42 Å². The molecule has 4 nitrogen and oxygen atoms in total. The normalized spacial score (nSPS) is 16.7. The maximum Gasteiger partial charge on any atom is 0.332 e. The number of hydrogen-bond donors (Lipinski definition) is 2. The fourth-order valence-electron chi connectivity index (χ4n) is 1.65. The highest BCUT2D eigenvalue weighted by molar-refractivity contribution is 6.04. The first-order valence-electron chi connectivity index (χ1n) is 4.47. The summed E-state index contributed by atoms with van der Waals surface area (Å²) in [5, 5.41) is 3.96. The fraction of sp³-hybridized carbons (Fsp3) is 0.200. The first kappa shape index (κ1) is 8.74. The van der Waals surface area contributed by atoms with Crippen molar-refractivity contribution in [1.82, 2.24) is 5.43 Å². The Labute approximate surface area is 81.8 Å². The van der Waals surface area contributed by atoms with Crippen molar-refractivity contribution in [3.8, 4) is 0 Å². The molecule has 2 rings (SSSR count). The van der Waals surface area contributed by atoms with E-state index in [4.69, 9.17) is 5.73 Å². The molecule has 0 saturated heterocycles. The predicted molar refractivity (Wildman–Crippen MR) is 54.0 cm³/mol. The summed E-state index contributed by atoms with van der Waals surface area (Å²) in [6.07, 6.45) is 1.84. The zero-order chi connectivity index (χ0) is 9.97. The Morgan fingerprint density at radius 1 is 1.36 bits per heavy atom. The minimum absolute atomic E-state index is 0.623. The monoisotopic (exact) mass is 189 g/mol. The molecule has 0 radical (unpaired) electrons. The first-order chi connectivity index (χ1) is 6.77. The number of hydrogen-bond acceptors (Lipinski definition) is 2. The number of rotatable bonds is 1. The third-order valence-electron chi connectivity index (χ3n) is 2.26. The SMILES string of the molecule is NC(=O)N/N=C1/CCc2ccccc21. The fourth-order valence-corrected chi connectivity index (χ4v) is 1.65. The third kappa shape index (κ3) is 1.59. The topological polar surface area (TPSA) is 67.5 Å². The van der Waals surface area contributed by atoms with Crippen LogP contribution in [0.4, 0.5) is 4.79 Å². The number of fused-ring (bicyclic) bond motifs is 1. The van der Waals surface area contributed by atoms with Gasteiger partial charge in [0.2, 0.25) is 0 Å². The van der Waals surface area contributed by atoms with E-state index in [0.717, 1.165) is 24.1 Å². The van der Waals surface area contributed by atoms with Crippen molar-refractivity contribution in [2.45, 2.75) is 12.8 Å². The molecule has 0 aliphatic heterocycles. The minimum Gasteiger partial charge on any atom is -0.350 e. The summed E-state index contributed by atoms with van der Waals surface area (Å²) in [6.45, 7) is 0. The number of amides is 2. The number of hydrazone groups is 1. The van der Waals surface area contributed by atoms with Crippen LogP contribution in [-0.4, -0.2) is 11.7 Å². The Hall–Kier alpha value is -1.84. The lowest BCUT2D eigenvalue weighted by Gasteiger charge is -1.99. The van der Waals surface area contributed by atoms with E-state index in [9.17, 15) is 4.79 Å². The number of nitrogens with zero attached hydrogens (tertiary/aromatic N) is 1. The molecular weight excluding hydrogens is 178 g/mol. The summed E-state index contributed by atoms with van der Waals surface area (Å²) in [7, 11) is 0. The molecule has 1 aromatic rings. The van der Waals surface area contributed by atoms with Gasteiger partial charge in [-0.15, -0.1) is 0 Å². The van der Waals surface area contributed by atoms with Crippen LogP contribution in [0.1, 0.15) is 17.5 Å². The van der Waals surface area contributed by atoms with Crippen molar-refractivity contribution in [2.75, 3.05) is 0 Å². The Kier molecular flexibility index (Phi) is 2.18. The van der Waals surface area contributed by atoms with Crippen LogP contribution in [0.15, 0.2) is 29.4 Å². The molecule has 3 N–H and O–H groups in total. The van der Waals surface area contributed by atoms with E-state index in [-0.39, 0.29) is 0 Å². The molecule has 0 heterocycles. The molecule has 2 amide bonds. The maximum absolute atomic E-state index is 10.5. The van der Waals surface area contributed by atoms with Crippen LogP contribution in [0.2, 0.25) is 0 Å². The van der Waals surface area contributed by atoms with Gasteiger partial charge in [-0.2, -0.15) is 5.10 Å². The summed E-state index contributed by atoms with van der Waals surface area (Å²) in [4.78, 5) is 10.5. The van der Waals surface area contributed by atoms with Crippen molar-refractivity contribution in [3.05, 3.63) is 35.4 Å². The maximum atomic E-state index is 10.5. The molecule has 1 aromatic carbocycles. The van der Waals surface area contributed by atoms with Gasteiger partial charge < -0.3 is 5.73 Å². The van der Waals surface area contributed by atoms with E-state index in [0.29, 0.717) is 0 Å². The van der Waals surface area contributed by atoms with Crippen molar-refractivity contribution in [3.63, 3.8) is 0 Å². The van der Waals surface area contributed by atoms with Crippen LogP contribution >= 0.6 is 0 Å². The van der Waals surface area contributed by atoms with Crippen molar-refractivity contribution < 1.29 is 4.79 Å². The zero-order valence-corrected chi connectivity index (χ0v) is 7.66. The second-order valence-electron chi connectivity index (χ2n) is 3.19.